The van der Waals surface area contributed by atoms with E-state index in [9.17, 15) is 9.59 Å². The second kappa shape index (κ2) is 6.85. The number of amides is 1. The number of nitrogens with two attached hydrogens (primary N) is 1. The van der Waals surface area contributed by atoms with Gasteiger partial charge in [0.15, 0.2) is 0 Å². The van der Waals surface area contributed by atoms with Crippen LogP contribution in [0.4, 0.5) is 0 Å². The quantitative estimate of drug-likeness (QED) is 0.852. The van der Waals surface area contributed by atoms with Gasteiger partial charge in [-0.2, -0.15) is 0 Å². The standard InChI is InChI=1S/C15H21N3O2S/c1-3-6-13-17-14-11(9-10(4-2)21-14)15(20)18(13)8-5-7-12(16)19/h9H,3-8H2,1-2H3,(H2,16,19). The number of hydrogen-bond donors (Lipinski definition) is 1. The van der Waals surface area contributed by atoms with Crippen molar-refractivity contribution in [3.05, 3.63) is 27.1 Å². The van der Waals surface area contributed by atoms with E-state index in [0.717, 1.165) is 29.9 Å². The number of carbonyl (C=O) groups excluding carboxylic acids is 1. The van der Waals surface area contributed by atoms with E-state index in [4.69, 9.17) is 5.73 Å². The van der Waals surface area contributed by atoms with Crippen molar-refractivity contribution in [1.29, 1.82) is 0 Å². The topological polar surface area (TPSA) is 78.0 Å². The van der Waals surface area contributed by atoms with Gasteiger partial charge < -0.3 is 5.73 Å². The summed E-state index contributed by atoms with van der Waals surface area (Å²) in [5.74, 6) is 0.474. The first-order valence-corrected chi connectivity index (χ1v) is 8.18. The minimum Gasteiger partial charge on any atom is -0.370 e. The molecule has 2 rings (SSSR count). The van der Waals surface area contributed by atoms with E-state index in [1.807, 2.05) is 6.07 Å². The van der Waals surface area contributed by atoms with Crippen LogP contribution in [0.5, 0.6) is 0 Å². The lowest BCUT2D eigenvalue weighted by molar-refractivity contribution is -0.118. The van der Waals surface area contributed by atoms with Gasteiger partial charge >= 0.3 is 0 Å². The fourth-order valence-electron chi connectivity index (χ4n) is 2.34. The summed E-state index contributed by atoms with van der Waals surface area (Å²) in [6.07, 6.45) is 3.47. The van der Waals surface area contributed by atoms with Crippen LogP contribution in [0, 0.1) is 0 Å². The third-order valence-electron chi connectivity index (χ3n) is 3.41. The van der Waals surface area contributed by atoms with Gasteiger partial charge in [-0.1, -0.05) is 13.8 Å². The van der Waals surface area contributed by atoms with E-state index < -0.39 is 0 Å². The Balaban J connectivity index is 2.44. The van der Waals surface area contributed by atoms with Gasteiger partial charge in [-0.3, -0.25) is 14.2 Å². The molecule has 0 spiro atoms. The lowest BCUT2D eigenvalue weighted by Gasteiger charge is -2.11. The van der Waals surface area contributed by atoms with Gasteiger partial charge in [-0.15, -0.1) is 11.3 Å². The maximum Gasteiger partial charge on any atom is 0.262 e. The molecule has 1 amide bonds. The third-order valence-corrected chi connectivity index (χ3v) is 4.58. The average Bonchev–Trinajstić information content (AvgIpc) is 2.85. The highest BCUT2D eigenvalue weighted by Crippen LogP contribution is 2.22. The second-order valence-corrected chi connectivity index (χ2v) is 6.20. The molecule has 2 heterocycles. The number of carbonyl (C=O) groups is 1. The minimum absolute atomic E-state index is 0.00358. The molecule has 0 fully saturated rings. The van der Waals surface area contributed by atoms with Crippen LogP contribution in [0.2, 0.25) is 0 Å². The van der Waals surface area contributed by atoms with Crippen molar-refractivity contribution < 1.29 is 4.79 Å². The predicted molar refractivity (Wildman–Crippen MR) is 85.7 cm³/mol. The zero-order valence-corrected chi connectivity index (χ0v) is 13.3. The van der Waals surface area contributed by atoms with E-state index in [1.54, 1.807) is 15.9 Å². The molecule has 21 heavy (non-hydrogen) atoms. The molecule has 0 saturated carbocycles. The summed E-state index contributed by atoms with van der Waals surface area (Å²) in [6, 6.07) is 1.94. The van der Waals surface area contributed by atoms with E-state index >= 15 is 0 Å². The van der Waals surface area contributed by atoms with E-state index in [1.165, 1.54) is 4.88 Å². The Hall–Kier alpha value is -1.69. The van der Waals surface area contributed by atoms with Crippen LogP contribution in [0.3, 0.4) is 0 Å². The Morgan fingerprint density at radius 3 is 2.81 bits per heavy atom. The normalized spacial score (nSPS) is 11.1. The van der Waals surface area contributed by atoms with Crippen LogP contribution < -0.4 is 11.3 Å². The monoisotopic (exact) mass is 307 g/mol. The molecule has 0 unspecified atom stereocenters. The highest BCUT2D eigenvalue weighted by molar-refractivity contribution is 7.18. The molecule has 2 aromatic heterocycles. The van der Waals surface area contributed by atoms with Gasteiger partial charge in [-0.25, -0.2) is 4.98 Å². The Morgan fingerprint density at radius 1 is 1.43 bits per heavy atom. The third kappa shape index (κ3) is 3.50. The molecule has 114 valence electrons. The Bertz CT molecular complexity index is 703. The van der Waals surface area contributed by atoms with E-state index in [2.05, 4.69) is 18.8 Å². The van der Waals surface area contributed by atoms with Crippen molar-refractivity contribution in [3.8, 4) is 0 Å². The summed E-state index contributed by atoms with van der Waals surface area (Å²) in [4.78, 5) is 30.2. The SMILES string of the molecule is CCCc1nc2sc(CC)cc2c(=O)n1CCCC(N)=O. The van der Waals surface area contributed by atoms with Crippen LogP contribution in [-0.4, -0.2) is 15.5 Å². The van der Waals surface area contributed by atoms with Gasteiger partial charge in [-0.05, 0) is 25.3 Å². The number of thiophene rings is 1. The van der Waals surface area contributed by atoms with Crippen molar-refractivity contribution >= 4 is 27.5 Å². The summed E-state index contributed by atoms with van der Waals surface area (Å²) < 4.78 is 1.71. The molecule has 0 saturated heterocycles. The molecule has 0 aliphatic heterocycles. The maximum absolute atomic E-state index is 12.6. The van der Waals surface area contributed by atoms with Gasteiger partial charge in [0.1, 0.15) is 10.7 Å². The first-order chi connectivity index (χ1) is 10.1. The number of aromatic nitrogens is 2. The number of fused-ring (bicyclic) bond motifs is 1. The molecule has 6 heteroatoms. The van der Waals surface area contributed by atoms with Crippen LogP contribution in [-0.2, 0) is 24.2 Å². The van der Waals surface area contributed by atoms with Crippen molar-refractivity contribution in [3.63, 3.8) is 0 Å². The Labute approximate surface area is 127 Å². The van der Waals surface area contributed by atoms with Crippen LogP contribution in [0.1, 0.15) is 43.8 Å². The smallest absolute Gasteiger partial charge is 0.262 e. The van der Waals surface area contributed by atoms with Gasteiger partial charge in [0.05, 0.1) is 5.39 Å². The van der Waals surface area contributed by atoms with E-state index in [0.29, 0.717) is 24.8 Å². The fraction of sp³-hybridized carbons (Fsp3) is 0.533. The molecule has 2 aromatic rings. The summed E-state index contributed by atoms with van der Waals surface area (Å²) >= 11 is 1.59. The van der Waals surface area contributed by atoms with E-state index in [-0.39, 0.29) is 11.5 Å². The molecule has 0 aromatic carbocycles. The zero-order valence-electron chi connectivity index (χ0n) is 12.5. The first kappa shape index (κ1) is 15.7. The molecular weight excluding hydrogens is 286 g/mol. The summed E-state index contributed by atoms with van der Waals surface area (Å²) in [7, 11) is 0. The first-order valence-electron chi connectivity index (χ1n) is 7.37. The Kier molecular flexibility index (Phi) is 5.12. The molecule has 0 bridgehead atoms. The minimum atomic E-state index is -0.335. The fourth-order valence-corrected chi connectivity index (χ4v) is 3.32. The molecule has 0 radical (unpaired) electrons. The number of aryl methyl sites for hydroxylation is 2. The van der Waals surface area contributed by atoms with Crippen molar-refractivity contribution in [2.45, 2.75) is 52.5 Å². The van der Waals surface area contributed by atoms with Crippen molar-refractivity contribution in [2.24, 2.45) is 5.73 Å². The van der Waals surface area contributed by atoms with Crippen LogP contribution in [0.15, 0.2) is 10.9 Å². The van der Waals surface area contributed by atoms with Crippen molar-refractivity contribution in [2.75, 3.05) is 0 Å². The molecule has 0 aliphatic carbocycles. The van der Waals surface area contributed by atoms with Gasteiger partial charge in [0.25, 0.3) is 5.56 Å². The van der Waals surface area contributed by atoms with Gasteiger partial charge in [0.2, 0.25) is 5.91 Å². The number of primary amides is 1. The van der Waals surface area contributed by atoms with Crippen LogP contribution in [0.25, 0.3) is 10.2 Å². The molecule has 5 nitrogen and oxygen atoms in total. The number of rotatable bonds is 7. The van der Waals surface area contributed by atoms with Crippen LogP contribution >= 0.6 is 11.3 Å². The number of nitrogens with zero attached hydrogens (tertiary/aromatic N) is 2. The zero-order chi connectivity index (χ0) is 15.4. The predicted octanol–water partition coefficient (Wildman–Crippen LogP) is 2.24. The van der Waals surface area contributed by atoms with Gasteiger partial charge in [0, 0.05) is 24.3 Å². The largest absolute Gasteiger partial charge is 0.370 e. The summed E-state index contributed by atoms with van der Waals surface area (Å²) in [5, 5.41) is 0.691. The van der Waals surface area contributed by atoms with Crippen molar-refractivity contribution in [1.82, 2.24) is 9.55 Å². The summed E-state index contributed by atoms with van der Waals surface area (Å²) in [5.41, 5.74) is 5.17. The molecule has 2 N–H and O–H groups in total. The second-order valence-electron chi connectivity index (χ2n) is 5.09. The highest BCUT2D eigenvalue weighted by atomic mass is 32.1. The molecule has 0 atom stereocenters. The maximum atomic E-state index is 12.6. The lowest BCUT2D eigenvalue weighted by Crippen LogP contribution is -2.25. The molecule has 0 aliphatic rings. The number of hydrogen-bond acceptors (Lipinski definition) is 4. The Morgan fingerprint density at radius 2 is 2.19 bits per heavy atom. The summed E-state index contributed by atoms with van der Waals surface area (Å²) in [6.45, 7) is 4.64. The molecular formula is C15H21N3O2S. The highest BCUT2D eigenvalue weighted by Gasteiger charge is 2.13. The lowest BCUT2D eigenvalue weighted by atomic mass is 10.2. The average molecular weight is 307 g/mol.